The maximum Gasteiger partial charge on any atom is 0.240 e. The molecule has 1 aromatic rings. The van der Waals surface area contributed by atoms with Crippen LogP contribution < -0.4 is 10.5 Å². The van der Waals surface area contributed by atoms with Crippen molar-refractivity contribution in [1.82, 2.24) is 4.72 Å². The van der Waals surface area contributed by atoms with Crippen LogP contribution in [0.5, 0.6) is 0 Å². The van der Waals surface area contributed by atoms with Crippen LogP contribution in [0.2, 0.25) is 5.02 Å². The lowest BCUT2D eigenvalue weighted by Crippen LogP contribution is -2.28. The van der Waals surface area contributed by atoms with Crippen LogP contribution in [0.15, 0.2) is 23.1 Å². The topological polar surface area (TPSA) is 72.2 Å². The van der Waals surface area contributed by atoms with Gasteiger partial charge in [-0.3, -0.25) is 0 Å². The van der Waals surface area contributed by atoms with Gasteiger partial charge in [0.25, 0.3) is 0 Å². The molecule has 1 aliphatic carbocycles. The molecule has 0 saturated heterocycles. The number of sulfonamides is 1. The molecule has 0 bridgehead atoms. The predicted molar refractivity (Wildman–Crippen MR) is 81.0 cm³/mol. The van der Waals surface area contributed by atoms with Crippen LogP contribution in [0, 0.1) is 11.8 Å². The predicted octanol–water partition coefficient (Wildman–Crippen LogP) is 2.51. The third-order valence-electron chi connectivity index (χ3n) is 3.92. The maximum absolute atomic E-state index is 12.2. The van der Waals surface area contributed by atoms with Crippen molar-refractivity contribution in [3.05, 3.63) is 28.8 Å². The molecule has 0 amide bonds. The Hall–Kier alpha value is -0.620. The summed E-state index contributed by atoms with van der Waals surface area (Å²) < 4.78 is 27.1. The molecule has 3 N–H and O–H groups in total. The summed E-state index contributed by atoms with van der Waals surface area (Å²) >= 11 is 6.01. The molecule has 2 unspecified atom stereocenters. The molecule has 1 aromatic carbocycles. The number of hydrogen-bond acceptors (Lipinski definition) is 3. The lowest BCUT2D eigenvalue weighted by Gasteiger charge is -2.12. The molecule has 1 saturated carbocycles. The zero-order valence-electron chi connectivity index (χ0n) is 11.6. The van der Waals surface area contributed by atoms with E-state index in [-0.39, 0.29) is 4.90 Å². The van der Waals surface area contributed by atoms with Gasteiger partial charge in [0, 0.05) is 18.1 Å². The molecule has 2 atom stereocenters. The number of hydrogen-bond donors (Lipinski definition) is 2. The van der Waals surface area contributed by atoms with E-state index >= 15 is 0 Å². The fourth-order valence-electron chi connectivity index (χ4n) is 2.68. The second kappa shape index (κ2) is 6.43. The third kappa shape index (κ3) is 3.73. The van der Waals surface area contributed by atoms with Gasteiger partial charge in [-0.25, -0.2) is 13.1 Å². The van der Waals surface area contributed by atoms with E-state index in [1.54, 1.807) is 12.1 Å². The Kier molecular flexibility index (Phi) is 5.07. The fourth-order valence-corrected chi connectivity index (χ4v) is 4.15. The van der Waals surface area contributed by atoms with Crippen molar-refractivity contribution in [3.8, 4) is 0 Å². The number of halogens is 1. The van der Waals surface area contributed by atoms with E-state index in [9.17, 15) is 8.42 Å². The number of nitrogens with one attached hydrogen (secondary N) is 1. The smallest absolute Gasteiger partial charge is 0.240 e. The maximum atomic E-state index is 12.2. The van der Waals surface area contributed by atoms with Crippen LogP contribution in [0.3, 0.4) is 0 Å². The van der Waals surface area contributed by atoms with Crippen LogP contribution in [-0.2, 0) is 16.6 Å². The van der Waals surface area contributed by atoms with Gasteiger partial charge in [0.2, 0.25) is 10.0 Å². The molecule has 0 spiro atoms. The van der Waals surface area contributed by atoms with Crippen LogP contribution >= 0.6 is 11.6 Å². The monoisotopic (exact) mass is 316 g/mol. The molecule has 4 nitrogen and oxygen atoms in total. The first-order valence-corrected chi connectivity index (χ1v) is 8.76. The van der Waals surface area contributed by atoms with Crippen LogP contribution in [-0.4, -0.2) is 15.0 Å². The van der Waals surface area contributed by atoms with Gasteiger partial charge in [-0.15, -0.1) is 0 Å². The average molecular weight is 317 g/mol. The van der Waals surface area contributed by atoms with E-state index < -0.39 is 10.0 Å². The Morgan fingerprint density at radius 1 is 1.40 bits per heavy atom. The van der Waals surface area contributed by atoms with Crippen LogP contribution in [0.25, 0.3) is 0 Å². The molecular weight excluding hydrogens is 296 g/mol. The van der Waals surface area contributed by atoms with Crippen molar-refractivity contribution in [1.29, 1.82) is 0 Å². The summed E-state index contributed by atoms with van der Waals surface area (Å²) in [5.41, 5.74) is 6.26. The van der Waals surface area contributed by atoms with E-state index in [4.69, 9.17) is 17.3 Å². The minimum Gasteiger partial charge on any atom is -0.326 e. The van der Waals surface area contributed by atoms with Crippen molar-refractivity contribution in [2.24, 2.45) is 17.6 Å². The van der Waals surface area contributed by atoms with Crippen LogP contribution in [0.1, 0.15) is 31.7 Å². The third-order valence-corrected chi connectivity index (χ3v) is 5.69. The summed E-state index contributed by atoms with van der Waals surface area (Å²) in [7, 11) is -3.49. The summed E-state index contributed by atoms with van der Waals surface area (Å²) in [5.74, 6) is 1.14. The van der Waals surface area contributed by atoms with Gasteiger partial charge in [-0.2, -0.15) is 0 Å². The lowest BCUT2D eigenvalue weighted by atomic mass is 10.1. The largest absolute Gasteiger partial charge is 0.326 e. The molecule has 20 heavy (non-hydrogen) atoms. The Labute approximate surface area is 125 Å². The molecule has 0 radical (unpaired) electrons. The first-order valence-electron chi connectivity index (χ1n) is 6.90. The minimum atomic E-state index is -3.49. The molecule has 112 valence electrons. The zero-order valence-corrected chi connectivity index (χ0v) is 13.2. The number of benzene rings is 1. The minimum absolute atomic E-state index is 0.200. The van der Waals surface area contributed by atoms with Crippen molar-refractivity contribution in [2.45, 2.75) is 37.6 Å². The van der Waals surface area contributed by atoms with Crippen molar-refractivity contribution < 1.29 is 8.42 Å². The Morgan fingerprint density at radius 3 is 2.70 bits per heavy atom. The summed E-state index contributed by atoms with van der Waals surface area (Å²) in [5, 5.41) is 0.393. The van der Waals surface area contributed by atoms with Crippen molar-refractivity contribution >= 4 is 21.6 Å². The molecule has 0 aliphatic heterocycles. The first kappa shape index (κ1) is 15.8. The normalized spacial score (nSPS) is 23.1. The van der Waals surface area contributed by atoms with Crippen molar-refractivity contribution in [2.75, 3.05) is 6.54 Å². The van der Waals surface area contributed by atoms with Gasteiger partial charge in [-0.05, 0) is 42.4 Å². The second-order valence-electron chi connectivity index (χ2n) is 5.59. The molecule has 6 heteroatoms. The SMILES string of the molecule is CC1CCC(CNS(=O)(=O)c2ccc(CN)c(Cl)c2)C1. The fraction of sp³-hybridized carbons (Fsp3) is 0.571. The molecule has 2 rings (SSSR count). The second-order valence-corrected chi connectivity index (χ2v) is 7.77. The van der Waals surface area contributed by atoms with E-state index in [0.717, 1.165) is 18.4 Å². The van der Waals surface area contributed by atoms with Crippen molar-refractivity contribution in [3.63, 3.8) is 0 Å². The summed E-state index contributed by atoms with van der Waals surface area (Å²) in [6.45, 7) is 3.01. The Bertz CT molecular complexity index is 575. The van der Waals surface area contributed by atoms with E-state index in [1.807, 2.05) is 0 Å². The molecule has 0 aromatic heterocycles. The Morgan fingerprint density at radius 2 is 2.15 bits per heavy atom. The standard InChI is InChI=1S/C14H21ClN2O2S/c1-10-2-3-11(6-10)9-17-20(18,19)13-5-4-12(8-16)14(15)7-13/h4-5,7,10-11,17H,2-3,6,8-9,16H2,1H3. The van der Waals surface area contributed by atoms with Gasteiger partial charge in [0.15, 0.2) is 0 Å². The van der Waals surface area contributed by atoms with E-state index in [1.165, 1.54) is 12.5 Å². The number of nitrogens with two attached hydrogens (primary N) is 1. The highest BCUT2D eigenvalue weighted by atomic mass is 35.5. The molecule has 0 heterocycles. The molecule has 1 aliphatic rings. The highest BCUT2D eigenvalue weighted by Crippen LogP contribution is 2.30. The highest BCUT2D eigenvalue weighted by Gasteiger charge is 2.23. The van der Waals surface area contributed by atoms with Gasteiger partial charge in [0.1, 0.15) is 0 Å². The van der Waals surface area contributed by atoms with Gasteiger partial charge < -0.3 is 5.73 Å². The van der Waals surface area contributed by atoms with Gasteiger partial charge in [-0.1, -0.05) is 31.0 Å². The molecular formula is C14H21ClN2O2S. The van der Waals surface area contributed by atoms with Crippen LogP contribution in [0.4, 0.5) is 0 Å². The average Bonchev–Trinajstić information content (AvgIpc) is 2.82. The quantitative estimate of drug-likeness (QED) is 0.876. The van der Waals surface area contributed by atoms with Gasteiger partial charge >= 0.3 is 0 Å². The Balaban J connectivity index is 2.04. The molecule has 1 fully saturated rings. The number of rotatable bonds is 5. The first-order chi connectivity index (χ1) is 9.42. The summed E-state index contributed by atoms with van der Waals surface area (Å²) in [6.07, 6.45) is 3.37. The lowest BCUT2D eigenvalue weighted by molar-refractivity contribution is 0.498. The van der Waals surface area contributed by atoms with E-state index in [2.05, 4.69) is 11.6 Å². The highest BCUT2D eigenvalue weighted by molar-refractivity contribution is 7.89. The van der Waals surface area contributed by atoms with E-state index in [0.29, 0.717) is 29.9 Å². The zero-order chi connectivity index (χ0) is 14.8. The van der Waals surface area contributed by atoms with Gasteiger partial charge in [0.05, 0.1) is 4.90 Å². The summed E-state index contributed by atoms with van der Waals surface area (Å²) in [6, 6.07) is 4.67. The summed E-state index contributed by atoms with van der Waals surface area (Å²) in [4.78, 5) is 0.200.